The Hall–Kier alpha value is -3.22. The lowest BCUT2D eigenvalue weighted by Gasteiger charge is -2.28. The summed E-state index contributed by atoms with van der Waals surface area (Å²) in [7, 11) is 0. The van der Waals surface area contributed by atoms with Crippen molar-refractivity contribution in [2.45, 2.75) is 52.5 Å². The monoisotopic (exact) mass is 410 g/mol. The third kappa shape index (κ3) is 6.99. The molecule has 0 fully saturated rings. The molecule has 0 saturated carbocycles. The number of amides is 3. The number of hydrogen-bond acceptors (Lipinski definition) is 4. The maximum atomic E-state index is 13.0. The second-order valence-corrected chi connectivity index (χ2v) is 7.82. The number of aryl methyl sites for hydroxylation is 1. The third-order valence-corrected chi connectivity index (χ3v) is 4.87. The molecule has 160 valence electrons. The van der Waals surface area contributed by atoms with Crippen LogP contribution in [0.3, 0.4) is 0 Å². The van der Waals surface area contributed by atoms with Crippen LogP contribution in [-0.2, 0) is 14.4 Å². The molecule has 7 heteroatoms. The molecule has 0 atom stereocenters. The van der Waals surface area contributed by atoms with Gasteiger partial charge in [-0.3, -0.25) is 14.4 Å². The van der Waals surface area contributed by atoms with Gasteiger partial charge in [0.1, 0.15) is 12.4 Å². The summed E-state index contributed by atoms with van der Waals surface area (Å²) < 4.78 is 0. The summed E-state index contributed by atoms with van der Waals surface area (Å²) in [6, 6.07) is 12.6. The van der Waals surface area contributed by atoms with E-state index in [0.717, 1.165) is 12.0 Å². The van der Waals surface area contributed by atoms with Crippen LogP contribution in [0, 0.1) is 6.92 Å². The Labute approximate surface area is 177 Å². The van der Waals surface area contributed by atoms with Crippen LogP contribution in [0.15, 0.2) is 48.7 Å². The first kappa shape index (κ1) is 23.1. The van der Waals surface area contributed by atoms with Crippen molar-refractivity contribution < 1.29 is 14.4 Å². The van der Waals surface area contributed by atoms with Gasteiger partial charge >= 0.3 is 0 Å². The number of benzene rings is 1. The summed E-state index contributed by atoms with van der Waals surface area (Å²) in [4.78, 5) is 43.3. The van der Waals surface area contributed by atoms with Crippen molar-refractivity contribution >= 4 is 29.2 Å². The van der Waals surface area contributed by atoms with E-state index in [1.807, 2.05) is 45.9 Å². The van der Waals surface area contributed by atoms with Crippen LogP contribution in [0.25, 0.3) is 0 Å². The highest BCUT2D eigenvalue weighted by Crippen LogP contribution is 2.21. The Kier molecular flexibility index (Phi) is 8.09. The van der Waals surface area contributed by atoms with Crippen LogP contribution in [0.4, 0.5) is 11.5 Å². The summed E-state index contributed by atoms with van der Waals surface area (Å²) >= 11 is 0. The maximum Gasteiger partial charge on any atom is 0.240 e. The Morgan fingerprint density at radius 3 is 2.33 bits per heavy atom. The van der Waals surface area contributed by atoms with E-state index in [1.165, 1.54) is 4.90 Å². The molecule has 1 aromatic heterocycles. The molecule has 1 heterocycles. The second kappa shape index (κ2) is 10.5. The van der Waals surface area contributed by atoms with Crippen molar-refractivity contribution in [2.75, 3.05) is 16.8 Å². The van der Waals surface area contributed by atoms with Crippen LogP contribution >= 0.6 is 0 Å². The normalized spacial score (nSPS) is 10.9. The molecule has 7 nitrogen and oxygen atoms in total. The number of aromatic nitrogens is 1. The number of carbonyl (C=O) groups is 3. The van der Waals surface area contributed by atoms with E-state index in [2.05, 4.69) is 15.6 Å². The van der Waals surface area contributed by atoms with Gasteiger partial charge in [-0.05, 0) is 51.0 Å². The molecule has 2 rings (SSSR count). The zero-order chi connectivity index (χ0) is 22.1. The molecule has 0 saturated heterocycles. The van der Waals surface area contributed by atoms with Crippen molar-refractivity contribution in [3.63, 3.8) is 0 Å². The van der Waals surface area contributed by atoms with Crippen LogP contribution in [-0.4, -0.2) is 34.8 Å². The van der Waals surface area contributed by atoms with E-state index >= 15 is 0 Å². The van der Waals surface area contributed by atoms with E-state index in [9.17, 15) is 14.4 Å². The van der Waals surface area contributed by atoms with Gasteiger partial charge in [-0.25, -0.2) is 4.98 Å². The molecule has 0 aliphatic rings. The number of pyridine rings is 1. The molecular weight excluding hydrogens is 380 g/mol. The summed E-state index contributed by atoms with van der Waals surface area (Å²) in [6.07, 6.45) is 2.33. The summed E-state index contributed by atoms with van der Waals surface area (Å²) in [5.74, 6) is -0.392. The van der Waals surface area contributed by atoms with E-state index in [0.29, 0.717) is 11.5 Å². The summed E-state index contributed by atoms with van der Waals surface area (Å²) in [5, 5.41) is 5.62. The van der Waals surface area contributed by atoms with Gasteiger partial charge in [-0.15, -0.1) is 0 Å². The van der Waals surface area contributed by atoms with Crippen LogP contribution in [0.5, 0.6) is 0 Å². The second-order valence-electron chi connectivity index (χ2n) is 7.82. The van der Waals surface area contributed by atoms with Crippen molar-refractivity contribution in [2.24, 2.45) is 0 Å². The summed E-state index contributed by atoms with van der Waals surface area (Å²) in [6.45, 7) is 7.65. The minimum atomic E-state index is -0.361. The average molecular weight is 411 g/mol. The molecule has 0 aliphatic heterocycles. The van der Waals surface area contributed by atoms with Crippen LogP contribution in [0.1, 0.15) is 45.6 Å². The lowest BCUT2D eigenvalue weighted by molar-refractivity contribution is -0.125. The molecule has 30 heavy (non-hydrogen) atoms. The van der Waals surface area contributed by atoms with Gasteiger partial charge in [-0.2, -0.15) is 0 Å². The smallest absolute Gasteiger partial charge is 0.240 e. The number of nitrogens with one attached hydrogen (secondary N) is 2. The zero-order valence-electron chi connectivity index (χ0n) is 18.1. The van der Waals surface area contributed by atoms with E-state index < -0.39 is 0 Å². The van der Waals surface area contributed by atoms with Gasteiger partial charge in [0.25, 0.3) is 0 Å². The molecule has 2 N–H and O–H groups in total. The fourth-order valence-corrected chi connectivity index (χ4v) is 2.82. The fourth-order valence-electron chi connectivity index (χ4n) is 2.82. The van der Waals surface area contributed by atoms with Gasteiger partial charge < -0.3 is 15.5 Å². The number of carbonyl (C=O) groups excluding carboxylic acids is 3. The molecule has 3 amide bonds. The minimum Gasteiger partial charge on any atom is -0.350 e. The quantitative estimate of drug-likeness (QED) is 0.662. The predicted octanol–water partition coefficient (Wildman–Crippen LogP) is 3.45. The molecule has 0 spiro atoms. The Morgan fingerprint density at radius 2 is 1.70 bits per heavy atom. The highest BCUT2D eigenvalue weighted by molar-refractivity contribution is 6.01. The van der Waals surface area contributed by atoms with Gasteiger partial charge in [0.2, 0.25) is 17.7 Å². The fraction of sp³-hybridized carbons (Fsp3) is 0.391. The molecule has 0 aliphatic carbocycles. The summed E-state index contributed by atoms with van der Waals surface area (Å²) in [5.41, 5.74) is 1.18. The van der Waals surface area contributed by atoms with Gasteiger partial charge in [0, 0.05) is 30.3 Å². The first-order valence-corrected chi connectivity index (χ1v) is 10.1. The molecule has 2 aromatic rings. The largest absolute Gasteiger partial charge is 0.350 e. The maximum absolute atomic E-state index is 13.0. The number of rotatable bonds is 9. The van der Waals surface area contributed by atoms with E-state index in [4.69, 9.17) is 0 Å². The van der Waals surface area contributed by atoms with Crippen molar-refractivity contribution in [3.8, 4) is 0 Å². The lowest BCUT2D eigenvalue weighted by Crippen LogP contribution is -2.48. The Bertz CT molecular complexity index is 881. The number of hydrogen-bond donors (Lipinski definition) is 2. The van der Waals surface area contributed by atoms with Crippen molar-refractivity contribution in [1.29, 1.82) is 0 Å². The van der Waals surface area contributed by atoms with Gasteiger partial charge in [0.15, 0.2) is 0 Å². The van der Waals surface area contributed by atoms with Gasteiger partial charge in [0.05, 0.1) is 0 Å². The van der Waals surface area contributed by atoms with Crippen molar-refractivity contribution in [1.82, 2.24) is 10.3 Å². The molecular formula is C23H30N4O3. The molecule has 1 aromatic carbocycles. The first-order valence-electron chi connectivity index (χ1n) is 10.1. The predicted molar refractivity (Wildman–Crippen MR) is 118 cm³/mol. The van der Waals surface area contributed by atoms with Gasteiger partial charge in [-0.1, -0.05) is 31.2 Å². The third-order valence-electron chi connectivity index (χ3n) is 4.87. The number of anilines is 2. The first-order chi connectivity index (χ1) is 14.2. The lowest BCUT2D eigenvalue weighted by atomic mass is 10.0. The highest BCUT2D eigenvalue weighted by Gasteiger charge is 2.24. The molecule has 0 unspecified atom stereocenters. The Morgan fingerprint density at radius 1 is 1.00 bits per heavy atom. The average Bonchev–Trinajstić information content (AvgIpc) is 2.71. The minimum absolute atomic E-state index is 0.000138. The SMILES string of the molecule is CCC(C)(C)NC(=O)CN(C(=O)CCC(=O)Nc1ccccn1)c1ccccc1C. The Balaban J connectivity index is 2.08. The zero-order valence-corrected chi connectivity index (χ0v) is 18.1. The number of nitrogens with zero attached hydrogens (tertiary/aromatic N) is 2. The van der Waals surface area contributed by atoms with Crippen LogP contribution in [0.2, 0.25) is 0 Å². The number of para-hydroxylation sites is 1. The van der Waals surface area contributed by atoms with Crippen LogP contribution < -0.4 is 15.5 Å². The van der Waals surface area contributed by atoms with E-state index in [1.54, 1.807) is 30.5 Å². The van der Waals surface area contributed by atoms with Crippen molar-refractivity contribution in [3.05, 3.63) is 54.2 Å². The standard InChI is InChI=1S/C23H30N4O3/c1-5-23(3,4)26-21(29)16-27(18-11-7-6-10-17(18)2)22(30)14-13-20(28)25-19-12-8-9-15-24-19/h6-12,15H,5,13-14,16H2,1-4H3,(H,26,29)(H,24,25,28). The topological polar surface area (TPSA) is 91.4 Å². The molecule has 0 radical (unpaired) electrons. The van der Waals surface area contributed by atoms with E-state index in [-0.39, 0.29) is 42.6 Å². The molecule has 0 bridgehead atoms. The highest BCUT2D eigenvalue weighted by atomic mass is 16.2.